The molecule has 1 aliphatic rings. The van der Waals surface area contributed by atoms with Gasteiger partial charge in [-0.1, -0.05) is 24.3 Å². The molecule has 1 aliphatic heterocycles. The summed E-state index contributed by atoms with van der Waals surface area (Å²) < 4.78 is 1.74. The molecule has 0 aliphatic carbocycles. The van der Waals surface area contributed by atoms with Crippen molar-refractivity contribution in [3.8, 4) is 10.6 Å². The standard InChI is InChI=1S/C25H25N5O2S/c1-16-22-19(15-20(21-9-6-14-33-21)27-23(22)29(2)28-16)25(32)30-12-10-18(11-13-30)26-24(31)17-7-4-3-5-8-17/h3-9,14-15,18H,10-13H2,1-2H3,(H,26,31). The van der Waals surface area contributed by atoms with Gasteiger partial charge in [-0.2, -0.15) is 5.10 Å². The SMILES string of the molecule is Cc1nn(C)c2nc(-c3cccs3)cc(C(=O)N3CCC(NC(=O)c4ccccc4)CC3)c12. The van der Waals surface area contributed by atoms with E-state index in [2.05, 4.69) is 10.4 Å². The lowest BCUT2D eigenvalue weighted by atomic mass is 10.0. The normalized spacial score (nSPS) is 14.5. The Bertz CT molecular complexity index is 1310. The molecular formula is C25H25N5O2S. The highest BCUT2D eigenvalue weighted by Crippen LogP contribution is 2.30. The third-order valence-corrected chi connectivity index (χ3v) is 7.02. The summed E-state index contributed by atoms with van der Waals surface area (Å²) in [7, 11) is 1.86. The molecular weight excluding hydrogens is 434 g/mol. The Morgan fingerprint density at radius 1 is 1.09 bits per heavy atom. The van der Waals surface area contributed by atoms with Crippen LogP contribution in [0.3, 0.4) is 0 Å². The van der Waals surface area contributed by atoms with Crippen LogP contribution < -0.4 is 5.32 Å². The van der Waals surface area contributed by atoms with Gasteiger partial charge in [0.2, 0.25) is 0 Å². The number of fused-ring (bicyclic) bond motifs is 1. The number of nitrogens with zero attached hydrogens (tertiary/aromatic N) is 4. The zero-order chi connectivity index (χ0) is 22.9. The maximum absolute atomic E-state index is 13.6. The van der Waals surface area contributed by atoms with Crippen molar-refractivity contribution in [1.82, 2.24) is 25.0 Å². The minimum atomic E-state index is -0.0669. The van der Waals surface area contributed by atoms with E-state index in [1.807, 2.05) is 72.8 Å². The lowest BCUT2D eigenvalue weighted by Gasteiger charge is -2.32. The number of likely N-dealkylation sites (tertiary alicyclic amines) is 1. The van der Waals surface area contributed by atoms with Gasteiger partial charge < -0.3 is 10.2 Å². The fourth-order valence-corrected chi connectivity index (χ4v) is 5.11. The van der Waals surface area contributed by atoms with Crippen molar-refractivity contribution in [3.05, 3.63) is 70.7 Å². The van der Waals surface area contributed by atoms with Crippen LogP contribution in [0.25, 0.3) is 21.6 Å². The first-order valence-electron chi connectivity index (χ1n) is 11.0. The fourth-order valence-electron chi connectivity index (χ4n) is 4.42. The van der Waals surface area contributed by atoms with E-state index in [-0.39, 0.29) is 17.9 Å². The summed E-state index contributed by atoms with van der Waals surface area (Å²) in [5.41, 5.74) is 3.59. The minimum Gasteiger partial charge on any atom is -0.349 e. The van der Waals surface area contributed by atoms with E-state index >= 15 is 0 Å². The minimum absolute atomic E-state index is 0.0101. The van der Waals surface area contributed by atoms with E-state index in [1.165, 1.54) is 0 Å². The predicted octanol–water partition coefficient (Wildman–Crippen LogP) is 4.04. The second-order valence-corrected chi connectivity index (χ2v) is 9.29. The molecule has 0 atom stereocenters. The van der Waals surface area contributed by atoms with Crippen molar-refractivity contribution in [1.29, 1.82) is 0 Å². The number of nitrogens with one attached hydrogen (secondary N) is 1. The molecule has 0 bridgehead atoms. The maximum Gasteiger partial charge on any atom is 0.254 e. The third-order valence-electron chi connectivity index (χ3n) is 6.13. The number of pyridine rings is 1. The van der Waals surface area contributed by atoms with Gasteiger partial charge in [0.1, 0.15) is 0 Å². The van der Waals surface area contributed by atoms with Gasteiger partial charge in [-0.05, 0) is 49.4 Å². The van der Waals surface area contributed by atoms with Gasteiger partial charge in [0.05, 0.1) is 27.2 Å². The summed E-state index contributed by atoms with van der Waals surface area (Å²) in [4.78, 5) is 33.8. The van der Waals surface area contributed by atoms with E-state index in [4.69, 9.17) is 4.98 Å². The Kier molecular flexibility index (Phi) is 5.68. The van der Waals surface area contributed by atoms with Gasteiger partial charge >= 0.3 is 0 Å². The first-order valence-corrected chi connectivity index (χ1v) is 11.9. The molecule has 33 heavy (non-hydrogen) atoms. The number of carbonyl (C=O) groups excluding carboxylic acids is 2. The lowest BCUT2D eigenvalue weighted by molar-refractivity contribution is 0.0700. The van der Waals surface area contributed by atoms with E-state index in [9.17, 15) is 9.59 Å². The zero-order valence-electron chi connectivity index (χ0n) is 18.6. The van der Waals surface area contributed by atoms with Gasteiger partial charge in [-0.3, -0.25) is 14.3 Å². The summed E-state index contributed by atoms with van der Waals surface area (Å²) in [6.45, 7) is 3.10. The van der Waals surface area contributed by atoms with E-state index in [0.717, 1.165) is 34.5 Å². The highest BCUT2D eigenvalue weighted by atomic mass is 32.1. The zero-order valence-corrected chi connectivity index (χ0v) is 19.4. The van der Waals surface area contributed by atoms with Gasteiger partial charge in [-0.25, -0.2) is 4.98 Å². The number of hydrogen-bond acceptors (Lipinski definition) is 5. The van der Waals surface area contributed by atoms with E-state index in [1.54, 1.807) is 16.0 Å². The monoisotopic (exact) mass is 459 g/mol. The number of carbonyl (C=O) groups is 2. The molecule has 1 fully saturated rings. The summed E-state index contributed by atoms with van der Waals surface area (Å²) in [5, 5.41) is 10.4. The number of piperidine rings is 1. The van der Waals surface area contributed by atoms with Crippen LogP contribution >= 0.6 is 11.3 Å². The smallest absolute Gasteiger partial charge is 0.254 e. The van der Waals surface area contributed by atoms with Crippen LogP contribution in [-0.4, -0.2) is 50.6 Å². The van der Waals surface area contributed by atoms with Crippen molar-refractivity contribution < 1.29 is 9.59 Å². The summed E-state index contributed by atoms with van der Waals surface area (Å²) >= 11 is 1.60. The fraction of sp³-hybridized carbons (Fsp3) is 0.280. The number of thiophene rings is 1. The maximum atomic E-state index is 13.6. The number of aromatic nitrogens is 3. The average molecular weight is 460 g/mol. The Morgan fingerprint density at radius 2 is 1.85 bits per heavy atom. The molecule has 8 heteroatoms. The number of rotatable bonds is 4. The lowest BCUT2D eigenvalue weighted by Crippen LogP contribution is -2.46. The number of amides is 2. The molecule has 1 N–H and O–H groups in total. The van der Waals surface area contributed by atoms with Crippen molar-refractivity contribution >= 4 is 34.2 Å². The highest BCUT2D eigenvalue weighted by molar-refractivity contribution is 7.13. The third kappa shape index (κ3) is 4.14. The molecule has 0 spiro atoms. The largest absolute Gasteiger partial charge is 0.349 e. The first-order chi connectivity index (χ1) is 16.0. The molecule has 7 nitrogen and oxygen atoms in total. The van der Waals surface area contributed by atoms with Gasteiger partial charge in [-0.15, -0.1) is 11.3 Å². The molecule has 1 aromatic carbocycles. The molecule has 0 radical (unpaired) electrons. The van der Waals surface area contributed by atoms with Crippen molar-refractivity contribution in [2.24, 2.45) is 7.05 Å². The van der Waals surface area contributed by atoms with Gasteiger partial charge in [0, 0.05) is 31.7 Å². The van der Waals surface area contributed by atoms with Crippen LogP contribution in [-0.2, 0) is 7.05 Å². The van der Waals surface area contributed by atoms with Crippen molar-refractivity contribution in [2.45, 2.75) is 25.8 Å². The summed E-state index contributed by atoms with van der Waals surface area (Å²) in [6.07, 6.45) is 1.45. The Hall–Kier alpha value is -3.52. The van der Waals surface area contributed by atoms with Crippen LogP contribution in [0.1, 0.15) is 39.3 Å². The molecule has 3 aromatic heterocycles. The number of hydrogen-bond donors (Lipinski definition) is 1. The number of benzene rings is 1. The summed E-state index contributed by atoms with van der Waals surface area (Å²) in [5.74, 6) is -0.0769. The van der Waals surface area contributed by atoms with Crippen LogP contribution in [0.15, 0.2) is 53.9 Å². The van der Waals surface area contributed by atoms with Crippen molar-refractivity contribution in [2.75, 3.05) is 13.1 Å². The van der Waals surface area contributed by atoms with Crippen LogP contribution in [0.5, 0.6) is 0 Å². The second kappa shape index (κ2) is 8.78. The van der Waals surface area contributed by atoms with Crippen LogP contribution in [0.4, 0.5) is 0 Å². The van der Waals surface area contributed by atoms with Crippen molar-refractivity contribution in [3.63, 3.8) is 0 Å². The molecule has 0 unspecified atom stereocenters. The summed E-state index contributed by atoms with van der Waals surface area (Å²) in [6, 6.07) is 15.2. The molecule has 168 valence electrons. The molecule has 4 heterocycles. The molecule has 0 saturated carbocycles. The highest BCUT2D eigenvalue weighted by Gasteiger charge is 2.28. The molecule has 5 rings (SSSR count). The first kappa shape index (κ1) is 21.3. The Labute approximate surface area is 196 Å². The molecule has 1 saturated heterocycles. The number of aryl methyl sites for hydroxylation is 2. The molecule has 2 amide bonds. The van der Waals surface area contributed by atoms with Crippen LogP contribution in [0.2, 0.25) is 0 Å². The molecule has 4 aromatic rings. The quantitative estimate of drug-likeness (QED) is 0.500. The Morgan fingerprint density at radius 3 is 2.55 bits per heavy atom. The topological polar surface area (TPSA) is 80.1 Å². The van der Waals surface area contributed by atoms with Gasteiger partial charge in [0.15, 0.2) is 5.65 Å². The Balaban J connectivity index is 1.36. The predicted molar refractivity (Wildman–Crippen MR) is 129 cm³/mol. The average Bonchev–Trinajstić information content (AvgIpc) is 3.48. The van der Waals surface area contributed by atoms with E-state index in [0.29, 0.717) is 29.9 Å². The van der Waals surface area contributed by atoms with Crippen LogP contribution in [0, 0.1) is 6.92 Å². The van der Waals surface area contributed by atoms with Gasteiger partial charge in [0.25, 0.3) is 11.8 Å². The van der Waals surface area contributed by atoms with E-state index < -0.39 is 0 Å². The second-order valence-electron chi connectivity index (χ2n) is 8.35.